The number of aryl methyl sites for hydroxylation is 2. The van der Waals surface area contributed by atoms with Crippen molar-refractivity contribution in [2.45, 2.75) is 177 Å². The van der Waals surface area contributed by atoms with Crippen molar-refractivity contribution in [2.75, 3.05) is 10.7 Å². The zero-order valence-electron chi connectivity index (χ0n) is 65.2. The predicted octanol–water partition coefficient (Wildman–Crippen LogP) is 34.8. The molecule has 3 atom stereocenters. The molecule has 0 saturated heterocycles. The molecular weight excluding hydrogens is 2200 g/mol. The van der Waals surface area contributed by atoms with Gasteiger partial charge in [0.1, 0.15) is 0 Å². The van der Waals surface area contributed by atoms with Crippen molar-refractivity contribution in [1.29, 1.82) is 0 Å². The number of aromatic nitrogens is 5. The van der Waals surface area contributed by atoms with Gasteiger partial charge in [-0.1, -0.05) is 277 Å². The number of alkyl halides is 2. The molecule has 15 rings (SSSR count). The quantitative estimate of drug-likeness (QED) is 0.0223. The van der Waals surface area contributed by atoms with Gasteiger partial charge in [0, 0.05) is 135 Å². The molecule has 580 valence electrons. The summed E-state index contributed by atoms with van der Waals surface area (Å²) in [6.45, 7) is 19.3. The Morgan fingerprint density at radius 2 is 0.482 bits per heavy atom. The van der Waals surface area contributed by atoms with Gasteiger partial charge in [-0.3, -0.25) is 0 Å². The third kappa shape index (κ3) is 25.2. The van der Waals surface area contributed by atoms with Crippen molar-refractivity contribution in [1.82, 2.24) is 22.8 Å². The van der Waals surface area contributed by atoms with Crippen LogP contribution in [0.4, 0.5) is 0 Å². The number of hydrogen-bond donors (Lipinski definition) is 0. The molecule has 3 unspecified atom stereocenters. The minimum atomic E-state index is 0.751. The van der Waals surface area contributed by atoms with Gasteiger partial charge in [-0.25, -0.2) is 0 Å². The summed E-state index contributed by atoms with van der Waals surface area (Å²) in [4.78, 5) is 0. The fourth-order valence-corrected chi connectivity index (χ4v) is 18.6. The van der Waals surface area contributed by atoms with Gasteiger partial charge in [0.2, 0.25) is 0 Å². The molecule has 5 aromatic heterocycles. The van der Waals surface area contributed by atoms with E-state index in [1.165, 1.54) is 212 Å². The van der Waals surface area contributed by atoms with Crippen LogP contribution in [0.1, 0.15) is 144 Å². The second-order valence-corrected chi connectivity index (χ2v) is 36.1. The maximum atomic E-state index is 4.76. The number of unbranched alkanes of at least 4 members (excludes halogenated alkanes) is 5. The molecule has 10 aromatic carbocycles. The summed E-state index contributed by atoms with van der Waals surface area (Å²) in [5, 5.41) is 15.3. The molecule has 0 spiro atoms. The molecule has 20 heteroatoms. The van der Waals surface area contributed by atoms with Crippen LogP contribution in [-0.2, 0) is 84.7 Å². The predicted molar refractivity (Wildman–Crippen MR) is 511 cm³/mol. The summed E-state index contributed by atoms with van der Waals surface area (Å²) in [5.41, 5.74) is 13.3. The first-order valence-electron chi connectivity index (χ1n) is 39.0. The molecule has 0 aliphatic rings. The average molecular weight is 2290 g/mol. The molecule has 112 heavy (non-hydrogen) atoms. The van der Waals surface area contributed by atoms with Crippen LogP contribution in [0, 0.1) is 36.0 Å². The Bertz CT molecular complexity index is 5170. The number of halogens is 12. The summed E-state index contributed by atoms with van der Waals surface area (Å²) < 4.78 is 20.3. The Morgan fingerprint density at radius 1 is 0.277 bits per heavy atom. The van der Waals surface area contributed by atoms with Crippen molar-refractivity contribution in [3.8, 4) is 0 Å². The van der Waals surface area contributed by atoms with Crippen LogP contribution in [0.3, 0.4) is 0 Å². The SMILES string of the molecule is BrCCCCn1c2cc[c-]cc2c2cc(Br)ccc21.BrCCCCn1c2ccc(Br)cc2c2cc(Br)ccc21.CCCCC(CC)Cn1c2cc[c-]cc2c2cc(Br)ccc21.CCCCC(CC)Cn1c2cc[c-]cc2c2cc(Br)ccc21.CCCCC(CC)Cn1c2ccc(Br)cc2c2cc(Br)ccc21.[Cl][Zn+].[Cl][Zn+].[Cl][Zn+]. The van der Waals surface area contributed by atoms with Crippen LogP contribution < -0.4 is 0 Å². The molecule has 0 radical (unpaired) electrons. The van der Waals surface area contributed by atoms with Gasteiger partial charge >= 0.3 is 81.0 Å². The summed E-state index contributed by atoms with van der Waals surface area (Å²) in [6.07, 6.45) is 20.3. The zero-order chi connectivity index (χ0) is 80.8. The van der Waals surface area contributed by atoms with Crippen LogP contribution in [-0.4, -0.2) is 33.5 Å². The van der Waals surface area contributed by atoms with Gasteiger partial charge in [0.15, 0.2) is 0 Å². The molecule has 0 fully saturated rings. The van der Waals surface area contributed by atoms with Crippen molar-refractivity contribution in [3.63, 3.8) is 0 Å². The van der Waals surface area contributed by atoms with E-state index in [-0.39, 0.29) is 0 Å². The zero-order valence-corrected chi connectivity index (χ0v) is 90.7. The molecule has 5 heterocycles. The van der Waals surface area contributed by atoms with Crippen molar-refractivity contribution in [2.24, 2.45) is 17.8 Å². The summed E-state index contributed by atoms with van der Waals surface area (Å²) in [5.74, 6) is 2.26. The van der Waals surface area contributed by atoms with Crippen LogP contribution in [0.15, 0.2) is 213 Å². The Morgan fingerprint density at radius 3 is 0.696 bits per heavy atom. The van der Waals surface area contributed by atoms with E-state index in [0.29, 0.717) is 0 Å². The summed E-state index contributed by atoms with van der Waals surface area (Å²) in [7, 11) is 14.3. The Balaban J connectivity index is 0.000000173. The second kappa shape index (κ2) is 50.5. The average Bonchev–Trinajstić information content (AvgIpc) is 1.64. The van der Waals surface area contributed by atoms with Gasteiger partial charge in [0.25, 0.3) is 0 Å². The van der Waals surface area contributed by atoms with Crippen LogP contribution in [0.25, 0.3) is 109 Å². The Kier molecular flexibility index (Phi) is 43.2. The van der Waals surface area contributed by atoms with Gasteiger partial charge in [-0.2, -0.15) is 54.6 Å². The minimum absolute atomic E-state index is 0.751. The topological polar surface area (TPSA) is 24.6 Å². The second-order valence-electron chi connectivity index (χ2n) is 28.1. The monoisotopic (exact) mass is 2280 g/mol. The first-order valence-corrected chi connectivity index (χ1v) is 58.5. The van der Waals surface area contributed by atoms with Crippen molar-refractivity contribution < 1.29 is 51.9 Å². The molecule has 0 aliphatic carbocycles. The number of fused-ring (bicyclic) bond motifs is 15. The van der Waals surface area contributed by atoms with E-state index in [4.69, 9.17) is 29.1 Å². The first-order chi connectivity index (χ1) is 54.6. The van der Waals surface area contributed by atoms with Crippen LogP contribution in [0.2, 0.25) is 0 Å². The third-order valence-corrected chi connectivity index (χ3v) is 25.6. The van der Waals surface area contributed by atoms with E-state index in [1.807, 2.05) is 18.2 Å². The Labute approximate surface area is 783 Å². The molecule has 5 nitrogen and oxygen atoms in total. The summed E-state index contributed by atoms with van der Waals surface area (Å²) in [6, 6.07) is 74.8. The molecule has 0 saturated carbocycles. The number of hydrogen-bond acceptors (Lipinski definition) is 0. The van der Waals surface area contributed by atoms with Crippen LogP contribution >= 0.6 is 172 Å². The third-order valence-electron chi connectivity index (χ3n) is 21.1. The molecule has 15 aromatic rings. The normalized spacial score (nSPS) is 12.0. The summed E-state index contributed by atoms with van der Waals surface area (Å²) >= 11 is 34.7. The van der Waals surface area contributed by atoms with Gasteiger partial charge < -0.3 is 22.8 Å². The standard InChI is InChI=1S/C20H23Br2N.2C20H23BrN.C16H14Br3N.C16H14Br2N.3ClH.3Zn/c1-3-5-6-14(4-2)13-23-19-9-7-15(21)11-17(19)18-12-16(22)8-10-20(18)23;2*1-3-5-8-15(4-2)14-22-19-10-7-6-9-17(19)18-13-16(21)11-12-20(18)22;17-7-1-2-8-20-15-5-3-11(18)9-13(15)14-10-12(19)4-6-16(14)20;17-9-3-4-10-19-15-6-2-1-5-13(15)14-11-12(18)7-8-16(14)19;;;;;;/h7-12,14H,3-6,13H2,1-2H3;2*7,9-13,15H,3-5,8,14H2,1-2H3;3-6,9-10H,1-2,7-8H2;2,5-8,11H,3-4,9-10H2;3*1H;;;/q;2*-1;;-1;;;;3*+2/p-3. The van der Waals surface area contributed by atoms with Gasteiger partial charge in [-0.15, -0.1) is 34.4 Å². The molecule has 0 aliphatic heterocycles. The fourth-order valence-electron chi connectivity index (χ4n) is 15.3. The van der Waals surface area contributed by atoms with E-state index in [2.05, 4.69) is 390 Å². The maximum absolute atomic E-state index is 4.76. The van der Waals surface area contributed by atoms with Gasteiger partial charge in [0.05, 0.1) is 0 Å². The number of nitrogens with zero attached hydrogens (tertiary/aromatic N) is 5. The van der Waals surface area contributed by atoms with Crippen molar-refractivity contribution in [3.05, 3.63) is 231 Å². The van der Waals surface area contributed by atoms with E-state index in [1.54, 1.807) is 0 Å². The molecule has 0 amide bonds. The van der Waals surface area contributed by atoms with E-state index in [0.717, 1.165) is 144 Å². The first kappa shape index (κ1) is 95.7. The number of rotatable bonds is 26. The van der Waals surface area contributed by atoms with E-state index in [9.17, 15) is 0 Å². The molecule has 0 bridgehead atoms. The molecule has 0 N–H and O–H groups in total. The molecular formula is C92H97Br9Cl3N5Zn3. The van der Waals surface area contributed by atoms with E-state index < -0.39 is 0 Å². The van der Waals surface area contributed by atoms with E-state index >= 15 is 0 Å². The van der Waals surface area contributed by atoms with Crippen LogP contribution in [0.5, 0.6) is 0 Å². The number of benzene rings is 10. The van der Waals surface area contributed by atoms with Crippen molar-refractivity contribution >= 4 is 281 Å². The Hall–Kier alpha value is -1.74. The van der Waals surface area contributed by atoms with Gasteiger partial charge in [-0.05, 0) is 188 Å². The fraction of sp³-hybridized carbons (Fsp3) is 0.348.